The zero-order chi connectivity index (χ0) is 24.2. The number of nitrogens with one attached hydrogen (secondary N) is 1. The molecule has 0 saturated heterocycles. The number of anilines is 3. The van der Waals surface area contributed by atoms with Crippen LogP contribution in [0.4, 0.5) is 17.6 Å². The van der Waals surface area contributed by atoms with Gasteiger partial charge in [-0.2, -0.15) is 15.0 Å². The van der Waals surface area contributed by atoms with E-state index in [4.69, 9.17) is 5.73 Å². The minimum Gasteiger partial charge on any atom is -0.368 e. The van der Waals surface area contributed by atoms with Crippen LogP contribution in [0.15, 0.2) is 53.9 Å². The molecule has 2 atom stereocenters. The maximum atomic E-state index is 6.01. The van der Waals surface area contributed by atoms with Gasteiger partial charge in [-0.1, -0.05) is 49.7 Å². The van der Waals surface area contributed by atoms with E-state index >= 15 is 0 Å². The van der Waals surface area contributed by atoms with Gasteiger partial charge in [0, 0.05) is 29.7 Å². The van der Waals surface area contributed by atoms with Gasteiger partial charge in [-0.3, -0.25) is 9.55 Å². The summed E-state index contributed by atoms with van der Waals surface area (Å²) in [5, 5.41) is 13.3. The number of hydrogen-bond acceptors (Lipinski definition) is 9. The Bertz CT molecular complexity index is 1290. The molecular weight excluding hydrogens is 458 g/mol. The van der Waals surface area contributed by atoms with Gasteiger partial charge in [0.25, 0.3) is 0 Å². The highest BCUT2D eigenvalue weighted by Gasteiger charge is 2.29. The van der Waals surface area contributed by atoms with Crippen molar-refractivity contribution in [2.45, 2.75) is 56.5 Å². The summed E-state index contributed by atoms with van der Waals surface area (Å²) in [7, 11) is 0. The molecule has 10 heteroatoms. The topological polar surface area (TPSA) is 120 Å². The Morgan fingerprint density at radius 3 is 2.71 bits per heavy atom. The molecule has 3 N–H and O–H groups in total. The van der Waals surface area contributed by atoms with E-state index in [0.29, 0.717) is 29.5 Å². The van der Waals surface area contributed by atoms with E-state index in [-0.39, 0.29) is 5.95 Å². The third kappa shape index (κ3) is 5.27. The third-order valence-electron chi connectivity index (χ3n) is 6.40. The molecule has 0 spiro atoms. The highest BCUT2D eigenvalue weighted by Crippen LogP contribution is 2.39. The molecule has 0 amide bonds. The van der Waals surface area contributed by atoms with E-state index in [0.717, 1.165) is 34.2 Å². The summed E-state index contributed by atoms with van der Waals surface area (Å²) in [5.74, 6) is 3.11. The lowest BCUT2D eigenvalue weighted by Gasteiger charge is -2.31. The fourth-order valence-corrected chi connectivity index (χ4v) is 5.41. The van der Waals surface area contributed by atoms with Crippen molar-refractivity contribution in [3.05, 3.63) is 60.2 Å². The molecule has 180 valence electrons. The number of rotatable bonds is 7. The second-order valence-corrected chi connectivity index (χ2v) is 9.85. The number of benzene rings is 1. The van der Waals surface area contributed by atoms with E-state index in [9.17, 15) is 0 Å². The van der Waals surface area contributed by atoms with Crippen molar-refractivity contribution in [3.8, 4) is 11.4 Å². The molecule has 0 radical (unpaired) electrons. The SMILES string of the molecule is Cc1ccccc1Nc1nc(N)nc(CSc2nnc(-c3cccnc3)n2[C@H]2CCCC[C@H]2C)n1. The number of nitrogens with two attached hydrogens (primary N) is 1. The van der Waals surface area contributed by atoms with E-state index < -0.39 is 0 Å². The largest absolute Gasteiger partial charge is 0.368 e. The van der Waals surface area contributed by atoms with Crippen LogP contribution < -0.4 is 11.1 Å². The van der Waals surface area contributed by atoms with Crippen LogP contribution in [0.5, 0.6) is 0 Å². The summed E-state index contributed by atoms with van der Waals surface area (Å²) >= 11 is 1.57. The fraction of sp³-hybridized carbons (Fsp3) is 0.360. The average Bonchev–Trinajstić information content (AvgIpc) is 3.28. The molecule has 35 heavy (non-hydrogen) atoms. The Morgan fingerprint density at radius 2 is 1.91 bits per heavy atom. The molecule has 1 saturated carbocycles. The predicted octanol–water partition coefficient (Wildman–Crippen LogP) is 5.20. The summed E-state index contributed by atoms with van der Waals surface area (Å²) in [4.78, 5) is 17.5. The quantitative estimate of drug-likeness (QED) is 0.339. The van der Waals surface area contributed by atoms with E-state index in [2.05, 4.69) is 46.9 Å². The van der Waals surface area contributed by atoms with Gasteiger partial charge in [-0.05, 0) is 49.4 Å². The van der Waals surface area contributed by atoms with Gasteiger partial charge in [0.1, 0.15) is 5.82 Å². The van der Waals surface area contributed by atoms with E-state index in [1.54, 1.807) is 18.0 Å². The number of nitrogens with zero attached hydrogens (tertiary/aromatic N) is 7. The zero-order valence-corrected chi connectivity index (χ0v) is 20.7. The maximum Gasteiger partial charge on any atom is 0.232 e. The van der Waals surface area contributed by atoms with Crippen LogP contribution in [0.3, 0.4) is 0 Å². The van der Waals surface area contributed by atoms with Gasteiger partial charge in [0.15, 0.2) is 11.0 Å². The van der Waals surface area contributed by atoms with Crippen molar-refractivity contribution in [2.75, 3.05) is 11.1 Å². The van der Waals surface area contributed by atoms with Crippen molar-refractivity contribution in [1.29, 1.82) is 0 Å². The smallest absolute Gasteiger partial charge is 0.232 e. The molecule has 3 heterocycles. The number of thioether (sulfide) groups is 1. The maximum absolute atomic E-state index is 6.01. The second-order valence-electron chi connectivity index (χ2n) is 8.91. The van der Waals surface area contributed by atoms with Crippen molar-refractivity contribution in [1.82, 2.24) is 34.7 Å². The van der Waals surface area contributed by atoms with Gasteiger partial charge >= 0.3 is 0 Å². The molecular formula is C25H29N9S. The summed E-state index contributed by atoms with van der Waals surface area (Å²) < 4.78 is 2.29. The first-order valence-electron chi connectivity index (χ1n) is 11.9. The summed E-state index contributed by atoms with van der Waals surface area (Å²) in [6.07, 6.45) is 8.42. The minimum atomic E-state index is 0.185. The minimum absolute atomic E-state index is 0.185. The molecule has 1 aliphatic rings. The Labute approximate surface area is 209 Å². The fourth-order valence-electron chi connectivity index (χ4n) is 4.57. The van der Waals surface area contributed by atoms with Crippen molar-refractivity contribution in [3.63, 3.8) is 0 Å². The van der Waals surface area contributed by atoms with Gasteiger partial charge in [0.05, 0.1) is 5.75 Å². The summed E-state index contributed by atoms with van der Waals surface area (Å²) in [6.45, 7) is 4.35. The Balaban J connectivity index is 1.41. The first-order chi connectivity index (χ1) is 17.1. The van der Waals surface area contributed by atoms with Crippen LogP contribution in [0.25, 0.3) is 11.4 Å². The second kappa shape index (κ2) is 10.4. The Kier molecular flexibility index (Phi) is 6.89. The first-order valence-corrected chi connectivity index (χ1v) is 12.9. The average molecular weight is 488 g/mol. The van der Waals surface area contributed by atoms with Crippen LogP contribution in [0.2, 0.25) is 0 Å². The van der Waals surface area contributed by atoms with Crippen molar-refractivity contribution < 1.29 is 0 Å². The predicted molar refractivity (Wildman–Crippen MR) is 138 cm³/mol. The van der Waals surface area contributed by atoms with Crippen LogP contribution >= 0.6 is 11.8 Å². The number of pyridine rings is 1. The van der Waals surface area contributed by atoms with Crippen LogP contribution in [-0.4, -0.2) is 34.7 Å². The molecule has 1 fully saturated rings. The first kappa shape index (κ1) is 23.2. The number of aryl methyl sites for hydroxylation is 1. The third-order valence-corrected chi connectivity index (χ3v) is 7.34. The lowest BCUT2D eigenvalue weighted by atomic mass is 9.85. The van der Waals surface area contributed by atoms with E-state index in [1.165, 1.54) is 19.3 Å². The van der Waals surface area contributed by atoms with Gasteiger partial charge in [0.2, 0.25) is 11.9 Å². The van der Waals surface area contributed by atoms with Crippen LogP contribution in [0, 0.1) is 12.8 Å². The molecule has 1 aliphatic carbocycles. The lowest BCUT2D eigenvalue weighted by Crippen LogP contribution is -2.22. The molecule has 9 nitrogen and oxygen atoms in total. The van der Waals surface area contributed by atoms with Gasteiger partial charge in [-0.25, -0.2) is 0 Å². The van der Waals surface area contributed by atoms with Crippen molar-refractivity contribution >= 4 is 29.3 Å². The Hall–Kier alpha value is -3.53. The number of para-hydroxylation sites is 1. The monoisotopic (exact) mass is 487 g/mol. The van der Waals surface area contributed by atoms with Crippen molar-refractivity contribution in [2.24, 2.45) is 5.92 Å². The Morgan fingerprint density at radius 1 is 1.06 bits per heavy atom. The zero-order valence-electron chi connectivity index (χ0n) is 19.9. The molecule has 3 aromatic heterocycles. The molecule has 1 aromatic carbocycles. The van der Waals surface area contributed by atoms with Gasteiger partial charge < -0.3 is 11.1 Å². The molecule has 4 aromatic rings. The number of nitrogen functional groups attached to an aromatic ring is 1. The van der Waals surface area contributed by atoms with Crippen LogP contribution in [-0.2, 0) is 5.75 Å². The number of hydrogen-bond donors (Lipinski definition) is 2. The molecule has 0 bridgehead atoms. The summed E-state index contributed by atoms with van der Waals surface area (Å²) in [5.41, 5.74) is 9.02. The number of aromatic nitrogens is 7. The lowest BCUT2D eigenvalue weighted by molar-refractivity contribution is 0.247. The normalized spacial score (nSPS) is 17.9. The van der Waals surface area contributed by atoms with Crippen LogP contribution in [0.1, 0.15) is 50.0 Å². The summed E-state index contributed by atoms with van der Waals surface area (Å²) in [6, 6.07) is 12.3. The van der Waals surface area contributed by atoms with E-state index in [1.807, 2.05) is 49.5 Å². The molecule has 0 aliphatic heterocycles. The molecule has 5 rings (SSSR count). The highest BCUT2D eigenvalue weighted by atomic mass is 32.2. The van der Waals surface area contributed by atoms with Gasteiger partial charge in [-0.15, -0.1) is 10.2 Å². The standard InChI is InChI=1S/C25H29N9S/c1-16-8-3-5-11-19(16)28-24-30-21(29-23(26)31-24)15-35-25-33-32-22(18-10-7-13-27-14-18)34(25)20-12-6-4-9-17(20)2/h3,5,7-8,10-11,13-14,17,20H,4,6,9,12,15H2,1-2H3,(H3,26,28,29,30,31)/t17-,20+/m1/s1. The highest BCUT2D eigenvalue weighted by molar-refractivity contribution is 7.98. The molecule has 0 unspecified atom stereocenters.